The smallest absolute Gasteiger partial charge is 0.350 e. The lowest BCUT2D eigenvalue weighted by Crippen LogP contribution is -1.99. The van der Waals surface area contributed by atoms with Gasteiger partial charge in [-0.3, -0.25) is 0 Å². The van der Waals surface area contributed by atoms with Crippen molar-refractivity contribution in [1.29, 1.82) is 0 Å². The molecule has 0 bridgehead atoms. The molecule has 0 radical (unpaired) electrons. The lowest BCUT2D eigenvalue weighted by molar-refractivity contribution is 0.0768. The highest BCUT2D eigenvalue weighted by molar-refractivity contribution is 7.95. The zero-order valence-electron chi connectivity index (χ0n) is 9.83. The summed E-state index contributed by atoms with van der Waals surface area (Å²) in [6.45, 7) is 0. The first-order chi connectivity index (χ1) is 8.79. The standard InChI is InChI=1S/C14H12O3S/c1-16-12-9-7-11(8-10-12)14(15)17-18-13-5-3-2-4-6-13/h2-10H,1H3. The van der Waals surface area contributed by atoms with Crippen LogP contribution in [0.15, 0.2) is 59.5 Å². The molecule has 0 amide bonds. The maximum absolute atomic E-state index is 11.7. The van der Waals surface area contributed by atoms with Crippen molar-refractivity contribution < 1.29 is 13.7 Å². The summed E-state index contributed by atoms with van der Waals surface area (Å²) in [5.41, 5.74) is 0.499. The zero-order chi connectivity index (χ0) is 12.8. The lowest BCUT2D eigenvalue weighted by atomic mass is 10.2. The molecule has 0 saturated heterocycles. The summed E-state index contributed by atoms with van der Waals surface area (Å²) in [7, 11) is 1.58. The van der Waals surface area contributed by atoms with Crippen molar-refractivity contribution in [3.8, 4) is 5.75 Å². The average Bonchev–Trinajstić information content (AvgIpc) is 2.46. The molecule has 4 heteroatoms. The molecule has 0 heterocycles. The minimum atomic E-state index is -0.369. The van der Waals surface area contributed by atoms with Gasteiger partial charge < -0.3 is 8.92 Å². The molecule has 0 N–H and O–H groups in total. The average molecular weight is 260 g/mol. The summed E-state index contributed by atoms with van der Waals surface area (Å²) in [5, 5.41) is 0. The van der Waals surface area contributed by atoms with E-state index in [0.29, 0.717) is 11.3 Å². The Hall–Kier alpha value is -1.94. The highest BCUT2D eigenvalue weighted by Crippen LogP contribution is 2.21. The Morgan fingerprint density at radius 1 is 1.00 bits per heavy atom. The molecule has 0 atom stereocenters. The molecule has 3 nitrogen and oxygen atoms in total. The molecular weight excluding hydrogens is 248 g/mol. The van der Waals surface area contributed by atoms with Gasteiger partial charge in [0.1, 0.15) is 5.75 Å². The lowest BCUT2D eigenvalue weighted by Gasteiger charge is -2.03. The first-order valence-electron chi connectivity index (χ1n) is 5.37. The normalized spacial score (nSPS) is 9.83. The van der Waals surface area contributed by atoms with Crippen LogP contribution < -0.4 is 4.74 Å². The second-order valence-electron chi connectivity index (χ2n) is 3.50. The fourth-order valence-electron chi connectivity index (χ4n) is 1.34. The number of ether oxygens (including phenoxy) is 1. The van der Waals surface area contributed by atoms with Gasteiger partial charge in [0.25, 0.3) is 0 Å². The van der Waals surface area contributed by atoms with E-state index in [1.165, 1.54) is 0 Å². The minimum Gasteiger partial charge on any atom is -0.497 e. The Labute approximate surface area is 110 Å². The molecule has 92 valence electrons. The molecular formula is C14H12O3S. The molecule has 0 unspecified atom stereocenters. The van der Waals surface area contributed by atoms with Crippen LogP contribution in [0.25, 0.3) is 0 Å². The van der Waals surface area contributed by atoms with Crippen molar-refractivity contribution in [3.05, 3.63) is 60.2 Å². The topological polar surface area (TPSA) is 35.5 Å². The van der Waals surface area contributed by atoms with Crippen molar-refractivity contribution in [2.24, 2.45) is 0 Å². The van der Waals surface area contributed by atoms with Crippen LogP contribution in [0.1, 0.15) is 10.4 Å². The fraction of sp³-hybridized carbons (Fsp3) is 0.0714. The highest BCUT2D eigenvalue weighted by atomic mass is 32.2. The number of hydrogen-bond donors (Lipinski definition) is 0. The van der Waals surface area contributed by atoms with Gasteiger partial charge >= 0.3 is 5.97 Å². The number of carbonyl (C=O) groups is 1. The van der Waals surface area contributed by atoms with Gasteiger partial charge in [-0.15, -0.1) is 0 Å². The van der Waals surface area contributed by atoms with Gasteiger partial charge in [0.05, 0.1) is 24.7 Å². The highest BCUT2D eigenvalue weighted by Gasteiger charge is 2.08. The maximum atomic E-state index is 11.7. The summed E-state index contributed by atoms with van der Waals surface area (Å²) >= 11 is 1.05. The molecule has 0 aliphatic carbocycles. The Morgan fingerprint density at radius 3 is 2.28 bits per heavy atom. The number of benzene rings is 2. The van der Waals surface area contributed by atoms with Crippen LogP contribution in [0.5, 0.6) is 5.75 Å². The van der Waals surface area contributed by atoms with Crippen molar-refractivity contribution in [3.63, 3.8) is 0 Å². The van der Waals surface area contributed by atoms with E-state index in [1.54, 1.807) is 31.4 Å². The van der Waals surface area contributed by atoms with E-state index in [9.17, 15) is 4.79 Å². The van der Waals surface area contributed by atoms with Crippen LogP contribution in [0.4, 0.5) is 0 Å². The summed E-state index contributed by atoms with van der Waals surface area (Å²) in [4.78, 5) is 12.6. The van der Waals surface area contributed by atoms with Crippen LogP contribution in [0.3, 0.4) is 0 Å². The summed E-state index contributed by atoms with van der Waals surface area (Å²) in [6, 6.07) is 16.3. The van der Waals surface area contributed by atoms with Crippen LogP contribution in [0, 0.1) is 0 Å². The van der Waals surface area contributed by atoms with Crippen molar-refractivity contribution in [2.45, 2.75) is 4.90 Å². The maximum Gasteiger partial charge on any atom is 0.350 e. The second kappa shape index (κ2) is 6.12. The van der Waals surface area contributed by atoms with Gasteiger partial charge in [0.2, 0.25) is 0 Å². The Balaban J connectivity index is 1.95. The first-order valence-corrected chi connectivity index (χ1v) is 6.12. The predicted molar refractivity (Wildman–Crippen MR) is 70.7 cm³/mol. The third-order valence-electron chi connectivity index (χ3n) is 2.28. The molecule has 2 aromatic rings. The zero-order valence-corrected chi connectivity index (χ0v) is 10.6. The van der Waals surface area contributed by atoms with Crippen molar-refractivity contribution in [2.75, 3.05) is 7.11 Å². The van der Waals surface area contributed by atoms with Gasteiger partial charge in [0, 0.05) is 4.90 Å². The van der Waals surface area contributed by atoms with Crippen molar-refractivity contribution >= 4 is 18.0 Å². The summed E-state index contributed by atoms with van der Waals surface area (Å²) in [5.74, 6) is 0.341. The minimum absolute atomic E-state index is 0.369. The molecule has 0 spiro atoms. The summed E-state index contributed by atoms with van der Waals surface area (Å²) < 4.78 is 10.1. The summed E-state index contributed by atoms with van der Waals surface area (Å²) in [6.07, 6.45) is 0. The number of carbonyl (C=O) groups excluding carboxylic acids is 1. The first kappa shape index (κ1) is 12.5. The number of methoxy groups -OCH3 is 1. The van der Waals surface area contributed by atoms with E-state index >= 15 is 0 Å². The van der Waals surface area contributed by atoms with E-state index in [2.05, 4.69) is 0 Å². The van der Waals surface area contributed by atoms with Gasteiger partial charge in [-0.2, -0.15) is 0 Å². The molecule has 0 aromatic heterocycles. The third kappa shape index (κ3) is 3.28. The molecule has 0 saturated carbocycles. The van der Waals surface area contributed by atoms with Crippen LogP contribution in [0.2, 0.25) is 0 Å². The van der Waals surface area contributed by atoms with E-state index in [4.69, 9.17) is 8.92 Å². The molecule has 18 heavy (non-hydrogen) atoms. The van der Waals surface area contributed by atoms with Crippen LogP contribution >= 0.6 is 12.0 Å². The molecule has 0 aliphatic rings. The van der Waals surface area contributed by atoms with Crippen LogP contribution in [-0.4, -0.2) is 13.1 Å². The van der Waals surface area contributed by atoms with Gasteiger partial charge in [-0.05, 0) is 36.4 Å². The molecule has 0 fully saturated rings. The van der Waals surface area contributed by atoms with Crippen molar-refractivity contribution in [1.82, 2.24) is 0 Å². The number of hydrogen-bond acceptors (Lipinski definition) is 4. The van der Waals surface area contributed by atoms with Gasteiger partial charge in [0.15, 0.2) is 0 Å². The van der Waals surface area contributed by atoms with Gasteiger partial charge in [-0.1, -0.05) is 18.2 Å². The van der Waals surface area contributed by atoms with E-state index in [0.717, 1.165) is 16.9 Å². The van der Waals surface area contributed by atoms with E-state index in [-0.39, 0.29) is 5.97 Å². The van der Waals surface area contributed by atoms with E-state index < -0.39 is 0 Å². The molecule has 2 aromatic carbocycles. The monoisotopic (exact) mass is 260 g/mol. The fourth-order valence-corrected chi connectivity index (χ4v) is 1.87. The second-order valence-corrected chi connectivity index (χ2v) is 4.30. The largest absolute Gasteiger partial charge is 0.497 e. The van der Waals surface area contributed by atoms with Gasteiger partial charge in [-0.25, -0.2) is 4.79 Å². The quantitative estimate of drug-likeness (QED) is 0.787. The van der Waals surface area contributed by atoms with Crippen LogP contribution in [-0.2, 0) is 4.18 Å². The Kier molecular flexibility index (Phi) is 4.25. The molecule has 2 rings (SSSR count). The SMILES string of the molecule is COc1ccc(C(=O)OSc2ccccc2)cc1. The Morgan fingerprint density at radius 2 is 1.67 bits per heavy atom. The predicted octanol–water partition coefficient (Wildman–Crippen LogP) is 3.56. The molecule has 0 aliphatic heterocycles. The number of rotatable bonds is 4. The Bertz CT molecular complexity index is 508. The van der Waals surface area contributed by atoms with E-state index in [1.807, 2.05) is 30.3 Å². The third-order valence-corrected chi connectivity index (χ3v) is 2.98.